The first-order chi connectivity index (χ1) is 9.63. The van der Waals surface area contributed by atoms with Gasteiger partial charge in [-0.3, -0.25) is 4.79 Å². The molecule has 1 aliphatic rings. The Balaban J connectivity index is 1.83. The zero-order valence-electron chi connectivity index (χ0n) is 11.2. The summed E-state index contributed by atoms with van der Waals surface area (Å²) in [5, 5.41) is 12.0. The van der Waals surface area contributed by atoms with E-state index >= 15 is 0 Å². The van der Waals surface area contributed by atoms with Crippen LogP contribution in [-0.4, -0.2) is 37.5 Å². The minimum Gasteiger partial charge on any atom is -0.462 e. The van der Waals surface area contributed by atoms with Crippen LogP contribution in [-0.2, 0) is 9.53 Å². The number of nitrogens with zero attached hydrogens (tertiary/aromatic N) is 4. The molecule has 1 saturated heterocycles. The Labute approximate surface area is 120 Å². The molecule has 0 amide bonds. The number of hydrogen-bond donors (Lipinski definition) is 0. The highest BCUT2D eigenvalue weighted by molar-refractivity contribution is 8.00. The van der Waals surface area contributed by atoms with E-state index in [0.717, 1.165) is 5.69 Å². The Morgan fingerprint density at radius 3 is 2.75 bits per heavy atom. The van der Waals surface area contributed by atoms with Crippen molar-refractivity contribution in [1.29, 1.82) is 0 Å². The third-order valence-electron chi connectivity index (χ3n) is 3.09. The van der Waals surface area contributed by atoms with Crippen molar-refractivity contribution in [3.63, 3.8) is 0 Å². The average Bonchev–Trinajstić information content (AvgIpc) is 2.98. The molecule has 7 heteroatoms. The highest BCUT2D eigenvalue weighted by Crippen LogP contribution is 2.31. The molecular formula is C13H14N4O2S. The largest absolute Gasteiger partial charge is 0.462 e. The summed E-state index contributed by atoms with van der Waals surface area (Å²) in [5.41, 5.74) is 2.05. The predicted octanol–water partition coefficient (Wildman–Crippen LogP) is 1.77. The van der Waals surface area contributed by atoms with Gasteiger partial charge in [-0.15, -0.1) is 5.10 Å². The molecule has 1 aromatic carbocycles. The first kappa shape index (κ1) is 13.1. The maximum atomic E-state index is 11.7. The molecule has 0 aliphatic carbocycles. The molecule has 2 atom stereocenters. The summed E-state index contributed by atoms with van der Waals surface area (Å²) < 4.78 is 6.79. The van der Waals surface area contributed by atoms with Gasteiger partial charge in [0.2, 0.25) is 5.16 Å². The first-order valence-corrected chi connectivity index (χ1v) is 7.24. The van der Waals surface area contributed by atoms with E-state index in [2.05, 4.69) is 15.5 Å². The Morgan fingerprint density at radius 2 is 2.10 bits per heavy atom. The van der Waals surface area contributed by atoms with Crippen LogP contribution in [0.3, 0.4) is 0 Å². The van der Waals surface area contributed by atoms with Crippen molar-refractivity contribution < 1.29 is 9.53 Å². The number of aromatic nitrogens is 4. The molecule has 0 unspecified atom stereocenters. The van der Waals surface area contributed by atoms with Gasteiger partial charge in [0.15, 0.2) is 0 Å². The number of cyclic esters (lactones) is 1. The third-order valence-corrected chi connectivity index (χ3v) is 4.23. The molecule has 0 radical (unpaired) electrons. The van der Waals surface area contributed by atoms with Crippen LogP contribution >= 0.6 is 11.8 Å². The van der Waals surface area contributed by atoms with Crippen molar-refractivity contribution in [1.82, 2.24) is 20.2 Å². The number of carbonyl (C=O) groups is 1. The quantitative estimate of drug-likeness (QED) is 0.802. The molecule has 3 rings (SSSR count). The summed E-state index contributed by atoms with van der Waals surface area (Å²) in [7, 11) is 0. The van der Waals surface area contributed by atoms with Crippen LogP contribution in [0.5, 0.6) is 0 Å². The number of aryl methyl sites for hydroxylation is 1. The van der Waals surface area contributed by atoms with Crippen molar-refractivity contribution in [3.8, 4) is 5.69 Å². The van der Waals surface area contributed by atoms with Crippen molar-refractivity contribution >= 4 is 17.7 Å². The van der Waals surface area contributed by atoms with Crippen LogP contribution in [0, 0.1) is 6.92 Å². The number of esters is 1. The summed E-state index contributed by atoms with van der Waals surface area (Å²) in [6.45, 7) is 3.91. The second-order valence-electron chi connectivity index (χ2n) is 4.80. The van der Waals surface area contributed by atoms with E-state index < -0.39 is 0 Å². The standard InChI is InChI=1S/C13H14N4O2S/c1-8-3-5-10(6-4-8)17-13(14-15-16-17)20-11-7-9(2)19-12(11)18/h3-6,9,11H,7H2,1-2H3/t9-,11+/m1/s1. The van der Waals surface area contributed by atoms with Crippen molar-refractivity contribution in [2.45, 2.75) is 36.8 Å². The summed E-state index contributed by atoms with van der Waals surface area (Å²) in [4.78, 5) is 11.7. The molecule has 20 heavy (non-hydrogen) atoms. The molecule has 1 fully saturated rings. The van der Waals surface area contributed by atoms with E-state index in [1.165, 1.54) is 17.3 Å². The van der Waals surface area contributed by atoms with Crippen LogP contribution in [0.1, 0.15) is 18.9 Å². The molecule has 0 N–H and O–H groups in total. The topological polar surface area (TPSA) is 69.9 Å². The zero-order valence-corrected chi connectivity index (χ0v) is 12.0. The van der Waals surface area contributed by atoms with E-state index in [-0.39, 0.29) is 17.3 Å². The fraction of sp³-hybridized carbons (Fsp3) is 0.385. The summed E-state index contributed by atoms with van der Waals surface area (Å²) in [5.74, 6) is -0.194. The van der Waals surface area contributed by atoms with Crippen molar-refractivity contribution in [2.24, 2.45) is 0 Å². The van der Waals surface area contributed by atoms with Gasteiger partial charge in [0, 0.05) is 6.42 Å². The third kappa shape index (κ3) is 2.53. The number of tetrazole rings is 1. The van der Waals surface area contributed by atoms with Crippen LogP contribution < -0.4 is 0 Å². The van der Waals surface area contributed by atoms with Gasteiger partial charge in [0.1, 0.15) is 11.4 Å². The molecular weight excluding hydrogens is 276 g/mol. The number of benzene rings is 1. The van der Waals surface area contributed by atoms with Crippen molar-refractivity contribution in [2.75, 3.05) is 0 Å². The van der Waals surface area contributed by atoms with Gasteiger partial charge in [0.25, 0.3) is 0 Å². The molecule has 6 nitrogen and oxygen atoms in total. The molecule has 104 valence electrons. The number of ether oxygens (including phenoxy) is 1. The van der Waals surface area contributed by atoms with E-state index in [4.69, 9.17) is 4.74 Å². The van der Waals surface area contributed by atoms with Gasteiger partial charge in [-0.1, -0.05) is 29.5 Å². The lowest BCUT2D eigenvalue weighted by atomic mass is 10.2. The maximum Gasteiger partial charge on any atom is 0.319 e. The van der Waals surface area contributed by atoms with Crippen molar-refractivity contribution in [3.05, 3.63) is 29.8 Å². The Bertz CT molecular complexity index is 626. The smallest absolute Gasteiger partial charge is 0.319 e. The van der Waals surface area contributed by atoms with Crippen LogP contribution in [0.4, 0.5) is 0 Å². The fourth-order valence-electron chi connectivity index (χ4n) is 2.04. The second kappa shape index (κ2) is 5.24. The molecule has 2 aromatic rings. The highest BCUT2D eigenvalue weighted by atomic mass is 32.2. The Morgan fingerprint density at radius 1 is 1.35 bits per heavy atom. The number of hydrogen-bond acceptors (Lipinski definition) is 6. The lowest BCUT2D eigenvalue weighted by Gasteiger charge is -2.06. The fourth-order valence-corrected chi connectivity index (χ4v) is 3.14. The first-order valence-electron chi connectivity index (χ1n) is 6.36. The normalized spacial score (nSPS) is 22.0. The minimum absolute atomic E-state index is 0.0382. The van der Waals surface area contributed by atoms with Gasteiger partial charge < -0.3 is 4.74 Å². The number of thioether (sulfide) groups is 1. The maximum absolute atomic E-state index is 11.7. The van der Waals surface area contributed by atoms with Gasteiger partial charge in [0.05, 0.1) is 5.69 Å². The monoisotopic (exact) mass is 290 g/mol. The molecule has 1 aromatic heterocycles. The van der Waals surface area contributed by atoms with E-state index in [1.807, 2.05) is 38.1 Å². The van der Waals surface area contributed by atoms with Crippen LogP contribution in [0.15, 0.2) is 29.4 Å². The predicted molar refractivity (Wildman–Crippen MR) is 73.7 cm³/mol. The summed E-state index contributed by atoms with van der Waals surface area (Å²) >= 11 is 1.35. The van der Waals surface area contributed by atoms with Crippen LogP contribution in [0.25, 0.3) is 5.69 Å². The van der Waals surface area contributed by atoms with Gasteiger partial charge in [-0.05, 0) is 36.4 Å². The van der Waals surface area contributed by atoms with Crippen LogP contribution in [0.2, 0.25) is 0 Å². The second-order valence-corrected chi connectivity index (χ2v) is 5.97. The molecule has 1 aliphatic heterocycles. The SMILES string of the molecule is Cc1ccc(-n2nnnc2S[C@H]2C[C@@H](C)OC2=O)cc1. The lowest BCUT2D eigenvalue weighted by Crippen LogP contribution is -2.11. The van der Waals surface area contributed by atoms with E-state index in [9.17, 15) is 4.79 Å². The van der Waals surface area contributed by atoms with E-state index in [1.54, 1.807) is 4.68 Å². The van der Waals surface area contributed by atoms with Gasteiger partial charge >= 0.3 is 5.97 Å². The highest BCUT2D eigenvalue weighted by Gasteiger charge is 2.34. The van der Waals surface area contributed by atoms with E-state index in [0.29, 0.717) is 11.6 Å². The van der Waals surface area contributed by atoms with Gasteiger partial charge in [-0.2, -0.15) is 4.68 Å². The number of rotatable bonds is 3. The Kier molecular flexibility index (Phi) is 3.43. The molecule has 0 spiro atoms. The molecule has 0 saturated carbocycles. The molecule has 0 bridgehead atoms. The lowest BCUT2D eigenvalue weighted by molar-refractivity contribution is -0.140. The molecule has 2 heterocycles. The minimum atomic E-state index is -0.236. The summed E-state index contributed by atoms with van der Waals surface area (Å²) in [6, 6.07) is 7.89. The number of carbonyl (C=O) groups excluding carboxylic acids is 1. The Hall–Kier alpha value is -1.89. The van der Waals surface area contributed by atoms with Gasteiger partial charge in [-0.25, -0.2) is 0 Å². The average molecular weight is 290 g/mol. The summed E-state index contributed by atoms with van der Waals surface area (Å²) in [6.07, 6.45) is 0.647. The zero-order chi connectivity index (χ0) is 14.1.